The topological polar surface area (TPSA) is 64.4 Å². The number of fused-ring (bicyclic) bond motifs is 2. The number of ether oxygens (including phenoxy) is 1. The van der Waals surface area contributed by atoms with E-state index >= 15 is 0 Å². The molecule has 3 heterocycles. The molecule has 5 heteroatoms. The first-order chi connectivity index (χ1) is 11.8. The van der Waals surface area contributed by atoms with Gasteiger partial charge in [-0.25, -0.2) is 4.98 Å². The molecule has 2 aromatic heterocycles. The van der Waals surface area contributed by atoms with Crippen molar-refractivity contribution in [1.82, 2.24) is 10.3 Å². The van der Waals surface area contributed by atoms with Crippen molar-refractivity contribution in [2.45, 2.75) is 12.0 Å². The summed E-state index contributed by atoms with van der Waals surface area (Å²) in [6.07, 6.45) is 2.61. The maximum Gasteiger partial charge on any atom is 0.252 e. The Bertz CT molecular complexity index is 935. The van der Waals surface area contributed by atoms with E-state index in [1.807, 2.05) is 36.4 Å². The number of benzene rings is 1. The lowest BCUT2D eigenvalue weighted by molar-refractivity contribution is 0.0907. The molecule has 1 saturated heterocycles. The van der Waals surface area contributed by atoms with Crippen LogP contribution in [0, 0.1) is 5.92 Å². The normalized spacial score (nSPS) is 24.8. The Morgan fingerprint density at radius 1 is 1.25 bits per heavy atom. The van der Waals surface area contributed by atoms with Gasteiger partial charge in [-0.3, -0.25) is 4.79 Å². The van der Waals surface area contributed by atoms with Crippen molar-refractivity contribution < 1.29 is 13.9 Å². The van der Waals surface area contributed by atoms with Gasteiger partial charge >= 0.3 is 0 Å². The molecule has 5 nitrogen and oxygen atoms in total. The number of para-hydroxylation sites is 1. The summed E-state index contributed by atoms with van der Waals surface area (Å²) in [6.45, 7) is 1.35. The molecule has 2 atom stereocenters. The number of aromatic nitrogens is 1. The molecule has 2 aliphatic rings. The van der Waals surface area contributed by atoms with E-state index < -0.39 is 0 Å². The maximum absolute atomic E-state index is 12.9. The lowest BCUT2D eigenvalue weighted by atomic mass is 10.1. The summed E-state index contributed by atoms with van der Waals surface area (Å²) in [5.41, 5.74) is 1.91. The van der Waals surface area contributed by atoms with Crippen LogP contribution in [-0.2, 0) is 4.74 Å². The van der Waals surface area contributed by atoms with E-state index in [1.165, 1.54) is 0 Å². The molecule has 2 fully saturated rings. The van der Waals surface area contributed by atoms with Crippen LogP contribution in [0.5, 0.6) is 0 Å². The third kappa shape index (κ3) is 2.05. The summed E-state index contributed by atoms with van der Waals surface area (Å²) < 4.78 is 10.9. The zero-order valence-electron chi connectivity index (χ0n) is 13.0. The third-order valence-corrected chi connectivity index (χ3v) is 5.01. The number of hydrogen-bond acceptors (Lipinski definition) is 4. The van der Waals surface area contributed by atoms with Gasteiger partial charge in [0.1, 0.15) is 5.69 Å². The summed E-state index contributed by atoms with van der Waals surface area (Å²) in [4.78, 5) is 17.6. The summed E-state index contributed by atoms with van der Waals surface area (Å²) in [5.74, 6) is 1.04. The maximum atomic E-state index is 12.9. The minimum Gasteiger partial charge on any atom is -0.463 e. The summed E-state index contributed by atoms with van der Waals surface area (Å²) in [7, 11) is 0. The fraction of sp³-hybridized carbons (Fsp3) is 0.263. The van der Waals surface area contributed by atoms with Gasteiger partial charge in [0.15, 0.2) is 5.76 Å². The average molecular weight is 320 g/mol. The molecule has 1 aliphatic carbocycles. The second kappa shape index (κ2) is 4.92. The Hall–Kier alpha value is -2.66. The van der Waals surface area contributed by atoms with Gasteiger partial charge in [0.05, 0.1) is 36.1 Å². The van der Waals surface area contributed by atoms with Crippen molar-refractivity contribution >= 4 is 16.8 Å². The highest BCUT2D eigenvalue weighted by Gasteiger charge is 2.59. The molecular weight excluding hydrogens is 304 g/mol. The van der Waals surface area contributed by atoms with Crippen LogP contribution in [0.25, 0.3) is 22.4 Å². The number of hydrogen-bond donors (Lipinski definition) is 1. The van der Waals surface area contributed by atoms with Crippen LogP contribution in [0.1, 0.15) is 16.8 Å². The van der Waals surface area contributed by atoms with E-state index in [1.54, 1.807) is 12.3 Å². The van der Waals surface area contributed by atoms with Gasteiger partial charge in [0, 0.05) is 11.3 Å². The standard InChI is InChI=1S/C19H16N2O3/c22-18(21-19-9-12(19)10-23-11-19)14-8-16(17-6-3-7-24-17)20-15-5-2-1-4-13(14)15/h1-8,12H,9-11H2,(H,21,22)/t12-,19-/m0/s1. The molecule has 1 amide bonds. The molecule has 1 N–H and O–H groups in total. The Labute approximate surface area is 138 Å². The number of nitrogens with one attached hydrogen (secondary N) is 1. The van der Waals surface area contributed by atoms with E-state index in [9.17, 15) is 4.79 Å². The molecule has 5 rings (SSSR count). The Kier molecular flexibility index (Phi) is 2.82. The van der Waals surface area contributed by atoms with Crippen molar-refractivity contribution in [3.05, 3.63) is 54.3 Å². The molecule has 0 unspecified atom stereocenters. The molecule has 120 valence electrons. The SMILES string of the molecule is O=C(N[C@@]12COC[C@@H]1C2)c1cc(-c2ccco2)nc2ccccc12. The van der Waals surface area contributed by atoms with Crippen LogP contribution < -0.4 is 5.32 Å². The van der Waals surface area contributed by atoms with Gasteiger partial charge in [-0.15, -0.1) is 0 Å². The molecule has 24 heavy (non-hydrogen) atoms. The second-order valence-electron chi connectivity index (χ2n) is 6.58. The van der Waals surface area contributed by atoms with Gasteiger partial charge < -0.3 is 14.5 Å². The van der Waals surface area contributed by atoms with Crippen LogP contribution >= 0.6 is 0 Å². The fourth-order valence-electron chi connectivity index (χ4n) is 3.56. The second-order valence-corrected chi connectivity index (χ2v) is 6.58. The van der Waals surface area contributed by atoms with E-state index in [-0.39, 0.29) is 11.4 Å². The highest BCUT2D eigenvalue weighted by atomic mass is 16.5. The molecule has 0 spiro atoms. The highest BCUT2D eigenvalue weighted by Crippen LogP contribution is 2.48. The molecule has 0 bridgehead atoms. The Balaban J connectivity index is 1.59. The third-order valence-electron chi connectivity index (χ3n) is 5.01. The van der Waals surface area contributed by atoms with E-state index in [0.717, 1.165) is 23.9 Å². The first-order valence-electron chi connectivity index (χ1n) is 8.09. The smallest absolute Gasteiger partial charge is 0.252 e. The Morgan fingerprint density at radius 3 is 2.92 bits per heavy atom. The lowest BCUT2D eigenvalue weighted by Crippen LogP contribution is -2.39. The number of nitrogens with zero attached hydrogens (tertiary/aromatic N) is 1. The fourth-order valence-corrected chi connectivity index (χ4v) is 3.56. The van der Waals surface area contributed by atoms with Crippen LogP contribution in [0.3, 0.4) is 0 Å². The van der Waals surface area contributed by atoms with Crippen molar-refractivity contribution in [2.24, 2.45) is 5.92 Å². The molecule has 3 aromatic rings. The molecule has 1 aliphatic heterocycles. The zero-order valence-corrected chi connectivity index (χ0v) is 13.0. The number of pyridine rings is 1. The van der Waals surface area contributed by atoms with Gasteiger partial charge in [0.25, 0.3) is 5.91 Å². The summed E-state index contributed by atoms with van der Waals surface area (Å²) in [5, 5.41) is 4.03. The van der Waals surface area contributed by atoms with Crippen molar-refractivity contribution in [3.8, 4) is 11.5 Å². The lowest BCUT2D eigenvalue weighted by Gasteiger charge is -2.15. The highest BCUT2D eigenvalue weighted by molar-refractivity contribution is 6.07. The van der Waals surface area contributed by atoms with Crippen molar-refractivity contribution in [3.63, 3.8) is 0 Å². The van der Waals surface area contributed by atoms with Crippen LogP contribution in [0.4, 0.5) is 0 Å². The van der Waals surface area contributed by atoms with Gasteiger partial charge in [-0.1, -0.05) is 18.2 Å². The molecule has 0 radical (unpaired) electrons. The molecule has 1 saturated carbocycles. The number of amides is 1. The molecule has 1 aromatic carbocycles. The van der Waals surface area contributed by atoms with Crippen molar-refractivity contribution in [1.29, 1.82) is 0 Å². The first kappa shape index (κ1) is 13.7. The van der Waals surface area contributed by atoms with Crippen molar-refractivity contribution in [2.75, 3.05) is 13.2 Å². The minimum absolute atomic E-state index is 0.0746. The summed E-state index contributed by atoms with van der Waals surface area (Å²) >= 11 is 0. The summed E-state index contributed by atoms with van der Waals surface area (Å²) in [6, 6.07) is 13.1. The average Bonchev–Trinajstić information content (AvgIpc) is 3.00. The zero-order chi connectivity index (χ0) is 16.1. The van der Waals surface area contributed by atoms with Gasteiger partial charge in [-0.05, 0) is 30.7 Å². The van der Waals surface area contributed by atoms with E-state index in [4.69, 9.17) is 9.15 Å². The van der Waals surface area contributed by atoms with Crippen LogP contribution in [0.2, 0.25) is 0 Å². The Morgan fingerprint density at radius 2 is 2.17 bits per heavy atom. The number of rotatable bonds is 3. The predicted octanol–water partition coefficient (Wildman–Crippen LogP) is 3.01. The van der Waals surface area contributed by atoms with Gasteiger partial charge in [0.2, 0.25) is 0 Å². The van der Waals surface area contributed by atoms with E-state index in [2.05, 4.69) is 10.3 Å². The van der Waals surface area contributed by atoms with Crippen LogP contribution in [0.15, 0.2) is 53.1 Å². The number of furan rings is 1. The van der Waals surface area contributed by atoms with Gasteiger partial charge in [-0.2, -0.15) is 0 Å². The number of carbonyl (C=O) groups is 1. The predicted molar refractivity (Wildman–Crippen MR) is 88.6 cm³/mol. The minimum atomic E-state index is -0.160. The van der Waals surface area contributed by atoms with Crippen LogP contribution in [-0.4, -0.2) is 29.6 Å². The van der Waals surface area contributed by atoms with E-state index in [0.29, 0.717) is 29.5 Å². The number of carbonyl (C=O) groups excluding carboxylic acids is 1. The quantitative estimate of drug-likeness (QED) is 0.806. The monoisotopic (exact) mass is 320 g/mol. The first-order valence-corrected chi connectivity index (χ1v) is 8.09. The largest absolute Gasteiger partial charge is 0.463 e. The molecular formula is C19H16N2O3.